The number of likely N-dealkylation sites (tertiary alicyclic amines) is 1. The van der Waals surface area contributed by atoms with Crippen LogP contribution in [0.4, 0.5) is 0 Å². The zero-order valence-corrected chi connectivity index (χ0v) is 9.69. The van der Waals surface area contributed by atoms with Crippen LogP contribution in [-0.2, 0) is 11.2 Å². The summed E-state index contributed by atoms with van der Waals surface area (Å²) in [4.78, 5) is 14.1. The van der Waals surface area contributed by atoms with Crippen LogP contribution in [0, 0.1) is 0 Å². The monoisotopic (exact) mass is 217 g/mol. The number of rotatable bonds is 4. The average Bonchev–Trinajstić information content (AvgIpc) is 2.31. The second-order valence-electron chi connectivity index (χ2n) is 4.54. The lowest BCUT2D eigenvalue weighted by Gasteiger charge is -2.25. The van der Waals surface area contributed by atoms with Crippen molar-refractivity contribution in [2.75, 3.05) is 19.6 Å². The third-order valence-corrected chi connectivity index (χ3v) is 3.09. The first-order chi connectivity index (χ1) is 7.84. The minimum Gasteiger partial charge on any atom is -0.298 e. The van der Waals surface area contributed by atoms with E-state index >= 15 is 0 Å². The molecule has 2 rings (SSSR count). The molecule has 0 radical (unpaired) electrons. The molecule has 2 heteroatoms. The summed E-state index contributed by atoms with van der Waals surface area (Å²) in [5.74, 6) is 0.341. The van der Waals surface area contributed by atoms with E-state index in [0.717, 1.165) is 18.7 Å². The van der Waals surface area contributed by atoms with Crippen LogP contribution in [0.5, 0.6) is 0 Å². The third-order valence-electron chi connectivity index (χ3n) is 3.09. The second-order valence-corrected chi connectivity index (χ2v) is 4.54. The van der Waals surface area contributed by atoms with Crippen molar-refractivity contribution in [1.82, 2.24) is 4.90 Å². The van der Waals surface area contributed by atoms with E-state index in [9.17, 15) is 4.79 Å². The van der Waals surface area contributed by atoms with Crippen LogP contribution in [0.1, 0.15) is 24.8 Å². The Bertz CT molecular complexity index is 328. The summed E-state index contributed by atoms with van der Waals surface area (Å²) in [6.45, 7) is 2.83. The Balaban J connectivity index is 1.80. The number of carbonyl (C=O) groups is 1. The minimum atomic E-state index is 0.341. The molecule has 1 aromatic rings. The highest BCUT2D eigenvalue weighted by atomic mass is 16.1. The van der Waals surface area contributed by atoms with Crippen molar-refractivity contribution >= 4 is 5.78 Å². The van der Waals surface area contributed by atoms with Gasteiger partial charge in [-0.3, -0.25) is 9.69 Å². The molecule has 0 amide bonds. The Morgan fingerprint density at radius 1 is 1.06 bits per heavy atom. The Hall–Kier alpha value is -1.15. The Morgan fingerprint density at radius 2 is 1.75 bits per heavy atom. The number of hydrogen-bond acceptors (Lipinski definition) is 2. The molecule has 1 aliphatic rings. The molecule has 16 heavy (non-hydrogen) atoms. The van der Waals surface area contributed by atoms with E-state index in [2.05, 4.69) is 4.90 Å². The minimum absolute atomic E-state index is 0.341. The largest absolute Gasteiger partial charge is 0.298 e. The van der Waals surface area contributed by atoms with Crippen LogP contribution in [0.25, 0.3) is 0 Å². The van der Waals surface area contributed by atoms with Gasteiger partial charge in [0.1, 0.15) is 0 Å². The molecule has 0 N–H and O–H groups in total. The number of benzene rings is 1. The quantitative estimate of drug-likeness (QED) is 0.771. The number of piperidine rings is 1. The first-order valence-electron chi connectivity index (χ1n) is 6.12. The third kappa shape index (κ3) is 3.46. The van der Waals surface area contributed by atoms with E-state index in [1.54, 1.807) is 0 Å². The lowest BCUT2D eigenvalue weighted by molar-refractivity contribution is -0.119. The molecular formula is C14H19NO. The zero-order valence-electron chi connectivity index (χ0n) is 9.69. The molecule has 1 aliphatic heterocycles. The van der Waals surface area contributed by atoms with E-state index < -0.39 is 0 Å². The van der Waals surface area contributed by atoms with Crippen LogP contribution in [0.15, 0.2) is 30.3 Å². The molecule has 1 saturated heterocycles. The Morgan fingerprint density at radius 3 is 2.44 bits per heavy atom. The topological polar surface area (TPSA) is 20.3 Å². The molecule has 0 bridgehead atoms. The van der Waals surface area contributed by atoms with Gasteiger partial charge in [-0.05, 0) is 31.5 Å². The molecule has 1 heterocycles. The molecule has 0 spiro atoms. The summed E-state index contributed by atoms with van der Waals surface area (Å²) >= 11 is 0. The predicted octanol–water partition coefficient (Wildman–Crippen LogP) is 2.28. The van der Waals surface area contributed by atoms with Gasteiger partial charge in [-0.2, -0.15) is 0 Å². The van der Waals surface area contributed by atoms with Crippen molar-refractivity contribution in [3.63, 3.8) is 0 Å². The smallest absolute Gasteiger partial charge is 0.151 e. The molecular weight excluding hydrogens is 198 g/mol. The van der Waals surface area contributed by atoms with Gasteiger partial charge in [-0.15, -0.1) is 0 Å². The molecule has 0 atom stereocenters. The molecule has 0 saturated carbocycles. The van der Waals surface area contributed by atoms with Crippen LogP contribution in [0.3, 0.4) is 0 Å². The van der Waals surface area contributed by atoms with Gasteiger partial charge in [0.25, 0.3) is 0 Å². The standard InChI is InChI=1S/C14H19NO/c16-14(11-13-7-3-1-4-8-13)12-15-9-5-2-6-10-15/h1,3-4,7-8H,2,5-6,9-12H2. The maximum Gasteiger partial charge on any atom is 0.151 e. The Labute approximate surface area is 97.3 Å². The SMILES string of the molecule is O=C(Cc1ccccc1)CN1CCCCC1. The first kappa shape index (κ1) is 11.3. The van der Waals surface area contributed by atoms with E-state index in [4.69, 9.17) is 0 Å². The maximum absolute atomic E-state index is 11.8. The van der Waals surface area contributed by atoms with Gasteiger partial charge in [-0.1, -0.05) is 36.8 Å². The fourth-order valence-corrected chi connectivity index (χ4v) is 2.25. The maximum atomic E-state index is 11.8. The first-order valence-corrected chi connectivity index (χ1v) is 6.12. The van der Waals surface area contributed by atoms with Crippen molar-refractivity contribution in [1.29, 1.82) is 0 Å². The highest BCUT2D eigenvalue weighted by Crippen LogP contribution is 2.09. The lowest BCUT2D eigenvalue weighted by atomic mass is 10.1. The zero-order chi connectivity index (χ0) is 11.2. The predicted molar refractivity (Wildman–Crippen MR) is 65.4 cm³/mol. The van der Waals surface area contributed by atoms with Crippen molar-refractivity contribution in [2.24, 2.45) is 0 Å². The lowest BCUT2D eigenvalue weighted by Crippen LogP contribution is -2.35. The molecule has 2 nitrogen and oxygen atoms in total. The van der Waals surface area contributed by atoms with Gasteiger partial charge in [0.05, 0.1) is 6.54 Å². The molecule has 0 aromatic heterocycles. The van der Waals surface area contributed by atoms with E-state index in [1.807, 2.05) is 30.3 Å². The number of ketones is 1. The second kappa shape index (κ2) is 5.80. The molecule has 1 aromatic carbocycles. The number of hydrogen-bond donors (Lipinski definition) is 0. The van der Waals surface area contributed by atoms with Gasteiger partial charge >= 0.3 is 0 Å². The number of nitrogens with zero attached hydrogens (tertiary/aromatic N) is 1. The van der Waals surface area contributed by atoms with Gasteiger partial charge in [0.15, 0.2) is 5.78 Å². The van der Waals surface area contributed by atoms with E-state index in [-0.39, 0.29) is 0 Å². The summed E-state index contributed by atoms with van der Waals surface area (Å²) < 4.78 is 0. The average molecular weight is 217 g/mol. The highest BCUT2D eigenvalue weighted by Gasteiger charge is 2.13. The van der Waals surface area contributed by atoms with Crippen molar-refractivity contribution in [2.45, 2.75) is 25.7 Å². The summed E-state index contributed by atoms with van der Waals surface area (Å²) in [5.41, 5.74) is 1.13. The fourth-order valence-electron chi connectivity index (χ4n) is 2.25. The normalized spacial score (nSPS) is 17.2. The summed E-state index contributed by atoms with van der Waals surface area (Å²) in [6.07, 6.45) is 4.40. The molecule has 0 unspecified atom stereocenters. The van der Waals surface area contributed by atoms with E-state index in [0.29, 0.717) is 18.7 Å². The van der Waals surface area contributed by atoms with Gasteiger partial charge in [0.2, 0.25) is 0 Å². The van der Waals surface area contributed by atoms with Crippen LogP contribution in [-0.4, -0.2) is 30.3 Å². The number of carbonyl (C=O) groups excluding carboxylic acids is 1. The summed E-state index contributed by atoms with van der Waals surface area (Å²) in [7, 11) is 0. The molecule has 0 aliphatic carbocycles. The van der Waals surface area contributed by atoms with Crippen molar-refractivity contribution in [3.05, 3.63) is 35.9 Å². The van der Waals surface area contributed by atoms with Crippen molar-refractivity contribution in [3.8, 4) is 0 Å². The Kier molecular flexibility index (Phi) is 4.11. The summed E-state index contributed by atoms with van der Waals surface area (Å²) in [6, 6.07) is 10.0. The van der Waals surface area contributed by atoms with Crippen LogP contribution < -0.4 is 0 Å². The van der Waals surface area contributed by atoms with E-state index in [1.165, 1.54) is 19.3 Å². The van der Waals surface area contributed by atoms with Gasteiger partial charge < -0.3 is 0 Å². The summed E-state index contributed by atoms with van der Waals surface area (Å²) in [5, 5.41) is 0. The number of Topliss-reactive ketones (excluding diaryl/α,β-unsaturated/α-hetero) is 1. The van der Waals surface area contributed by atoms with Crippen LogP contribution in [0.2, 0.25) is 0 Å². The molecule has 1 fully saturated rings. The fraction of sp³-hybridized carbons (Fsp3) is 0.500. The van der Waals surface area contributed by atoms with Crippen LogP contribution >= 0.6 is 0 Å². The highest BCUT2D eigenvalue weighted by molar-refractivity contribution is 5.82. The van der Waals surface area contributed by atoms with Gasteiger partial charge in [0, 0.05) is 6.42 Å². The molecule has 86 valence electrons. The van der Waals surface area contributed by atoms with Crippen molar-refractivity contribution < 1.29 is 4.79 Å². The van der Waals surface area contributed by atoms with Gasteiger partial charge in [-0.25, -0.2) is 0 Å².